The predicted molar refractivity (Wildman–Crippen MR) is 381 cm³/mol. The largest absolute Gasteiger partial charge is 0.756 e. The average Bonchev–Trinajstić information content (AvgIpc) is 3.70. The first kappa shape index (κ1) is 85.5. The Kier molecular flexibility index (Phi) is 67.6. The molecule has 8 nitrogen and oxygen atoms in total. The number of rotatable bonds is 72. The second kappa shape index (κ2) is 68.8. The molecule has 0 heterocycles. The summed E-state index contributed by atoms with van der Waals surface area (Å²) in [5.41, 5.74) is 0. The highest BCUT2D eigenvalue weighted by atomic mass is 31.2. The molecule has 0 saturated heterocycles. The molecule has 0 radical (unpaired) electrons. The molecular formula is C78H151N2O6P. The van der Waals surface area contributed by atoms with Crippen LogP contribution >= 0.6 is 7.82 Å². The van der Waals surface area contributed by atoms with E-state index in [1.54, 1.807) is 6.08 Å². The van der Waals surface area contributed by atoms with Crippen LogP contribution in [0.4, 0.5) is 0 Å². The van der Waals surface area contributed by atoms with Gasteiger partial charge in [-0.3, -0.25) is 9.36 Å². The quantitative estimate of drug-likeness (QED) is 0.0272. The average molecular weight is 1240 g/mol. The van der Waals surface area contributed by atoms with Crippen LogP contribution in [-0.4, -0.2) is 68.5 Å². The summed E-state index contributed by atoms with van der Waals surface area (Å²) >= 11 is 0. The van der Waals surface area contributed by atoms with Gasteiger partial charge in [0.25, 0.3) is 7.82 Å². The zero-order valence-corrected chi connectivity index (χ0v) is 59.9. The minimum atomic E-state index is -4.61. The van der Waals surface area contributed by atoms with Crippen LogP contribution < -0.4 is 10.2 Å². The van der Waals surface area contributed by atoms with Gasteiger partial charge in [-0.25, -0.2) is 0 Å². The van der Waals surface area contributed by atoms with E-state index in [1.807, 2.05) is 27.2 Å². The summed E-state index contributed by atoms with van der Waals surface area (Å²) in [5.74, 6) is -0.199. The van der Waals surface area contributed by atoms with Gasteiger partial charge in [-0.2, -0.15) is 0 Å². The zero-order valence-electron chi connectivity index (χ0n) is 59.0. The maximum atomic E-state index is 13.1. The van der Waals surface area contributed by atoms with E-state index in [2.05, 4.69) is 55.6 Å². The van der Waals surface area contributed by atoms with Gasteiger partial charge in [0.15, 0.2) is 0 Å². The highest BCUT2D eigenvalue weighted by molar-refractivity contribution is 7.45. The molecule has 3 unspecified atom stereocenters. The molecule has 0 aliphatic rings. The summed E-state index contributed by atoms with van der Waals surface area (Å²) in [6.45, 7) is 4.68. The van der Waals surface area contributed by atoms with Crippen molar-refractivity contribution in [2.24, 2.45) is 0 Å². The maximum Gasteiger partial charge on any atom is 0.268 e. The van der Waals surface area contributed by atoms with Crippen LogP contribution in [0.25, 0.3) is 0 Å². The van der Waals surface area contributed by atoms with E-state index in [0.29, 0.717) is 17.4 Å². The third-order valence-electron chi connectivity index (χ3n) is 17.8. The van der Waals surface area contributed by atoms with Gasteiger partial charge in [0.05, 0.1) is 39.9 Å². The van der Waals surface area contributed by atoms with Crippen LogP contribution in [-0.2, 0) is 18.4 Å². The molecule has 9 heteroatoms. The predicted octanol–water partition coefficient (Wildman–Crippen LogP) is 24.3. The summed E-state index contributed by atoms with van der Waals surface area (Å²) in [5, 5.41) is 14.0. The van der Waals surface area contributed by atoms with Crippen LogP contribution in [0.15, 0.2) is 48.6 Å². The monoisotopic (exact) mass is 1240 g/mol. The smallest absolute Gasteiger partial charge is 0.268 e. The number of nitrogens with one attached hydrogen (secondary N) is 1. The van der Waals surface area contributed by atoms with Gasteiger partial charge in [-0.1, -0.05) is 371 Å². The molecule has 514 valence electrons. The Morgan fingerprint density at radius 1 is 0.402 bits per heavy atom. The first-order valence-corrected chi connectivity index (χ1v) is 40.0. The van der Waals surface area contributed by atoms with Crippen LogP contribution in [0.1, 0.15) is 393 Å². The van der Waals surface area contributed by atoms with E-state index >= 15 is 0 Å². The number of carbonyl (C=O) groups is 1. The Morgan fingerprint density at radius 2 is 0.678 bits per heavy atom. The van der Waals surface area contributed by atoms with Gasteiger partial charge < -0.3 is 28.8 Å². The normalized spacial score (nSPS) is 13.8. The number of aliphatic hydroxyl groups excluding tert-OH is 1. The second-order valence-electron chi connectivity index (χ2n) is 27.7. The number of phosphoric ester groups is 1. The van der Waals surface area contributed by atoms with Crippen molar-refractivity contribution in [2.45, 2.75) is 405 Å². The molecule has 0 aliphatic carbocycles. The molecule has 0 aromatic rings. The van der Waals surface area contributed by atoms with Crippen LogP contribution in [0, 0.1) is 0 Å². The number of nitrogens with zero attached hydrogens (tertiary/aromatic N) is 1. The number of amides is 1. The Balaban J connectivity index is 3.98. The summed E-state index contributed by atoms with van der Waals surface area (Å²) in [7, 11) is 1.26. The van der Waals surface area contributed by atoms with Gasteiger partial charge in [-0.05, 0) is 64.2 Å². The highest BCUT2D eigenvalue weighted by Gasteiger charge is 2.23. The zero-order chi connectivity index (χ0) is 63.4. The lowest BCUT2D eigenvalue weighted by atomic mass is 10.0. The molecule has 0 spiro atoms. The number of hydrogen-bond acceptors (Lipinski definition) is 6. The lowest BCUT2D eigenvalue weighted by Gasteiger charge is -2.29. The van der Waals surface area contributed by atoms with Gasteiger partial charge in [-0.15, -0.1) is 0 Å². The van der Waals surface area contributed by atoms with Crippen molar-refractivity contribution in [3.63, 3.8) is 0 Å². The van der Waals surface area contributed by atoms with E-state index in [-0.39, 0.29) is 19.1 Å². The summed E-state index contributed by atoms with van der Waals surface area (Å²) in [4.78, 5) is 25.7. The van der Waals surface area contributed by atoms with E-state index in [1.165, 1.54) is 327 Å². The third-order valence-corrected chi connectivity index (χ3v) is 18.7. The first-order chi connectivity index (χ1) is 42.5. The Hall–Kier alpha value is -1.54. The fraction of sp³-hybridized carbons (Fsp3) is 0.885. The molecule has 0 rings (SSSR count). The van der Waals surface area contributed by atoms with Gasteiger partial charge in [0, 0.05) is 6.42 Å². The Labute approximate surface area is 543 Å². The molecule has 0 aliphatic heterocycles. The summed E-state index contributed by atoms with van der Waals surface area (Å²) < 4.78 is 23.5. The fourth-order valence-corrected chi connectivity index (χ4v) is 12.5. The van der Waals surface area contributed by atoms with Crippen LogP contribution in [0.5, 0.6) is 0 Å². The van der Waals surface area contributed by atoms with Crippen molar-refractivity contribution < 1.29 is 32.9 Å². The van der Waals surface area contributed by atoms with Gasteiger partial charge >= 0.3 is 0 Å². The molecule has 0 fully saturated rings. The number of aliphatic hydroxyl groups is 1. The van der Waals surface area contributed by atoms with Gasteiger partial charge in [0.2, 0.25) is 5.91 Å². The molecule has 0 aromatic heterocycles. The lowest BCUT2D eigenvalue weighted by Crippen LogP contribution is -2.45. The van der Waals surface area contributed by atoms with Crippen LogP contribution in [0.2, 0.25) is 0 Å². The number of allylic oxidation sites excluding steroid dienone is 7. The number of unbranched alkanes of at least 4 members (excludes halogenated alkanes) is 53. The van der Waals surface area contributed by atoms with Crippen LogP contribution in [0.3, 0.4) is 0 Å². The molecule has 1 amide bonds. The van der Waals surface area contributed by atoms with E-state index in [4.69, 9.17) is 9.05 Å². The van der Waals surface area contributed by atoms with Crippen molar-refractivity contribution in [1.29, 1.82) is 0 Å². The molecular weight excluding hydrogens is 1090 g/mol. The molecule has 0 aromatic carbocycles. The number of quaternary nitrogens is 1. The molecule has 0 bridgehead atoms. The van der Waals surface area contributed by atoms with Crippen molar-refractivity contribution in [1.82, 2.24) is 5.32 Å². The number of carbonyl (C=O) groups excluding carboxylic acids is 1. The third kappa shape index (κ3) is 71.8. The minimum absolute atomic E-state index is 0.00468. The van der Waals surface area contributed by atoms with E-state index in [9.17, 15) is 19.4 Å². The van der Waals surface area contributed by atoms with Crippen molar-refractivity contribution in [2.75, 3.05) is 40.9 Å². The maximum absolute atomic E-state index is 13.1. The van der Waals surface area contributed by atoms with Crippen molar-refractivity contribution in [3.05, 3.63) is 48.6 Å². The molecule has 2 N–H and O–H groups in total. The molecule has 0 saturated carbocycles. The minimum Gasteiger partial charge on any atom is -0.756 e. The van der Waals surface area contributed by atoms with Crippen molar-refractivity contribution in [3.8, 4) is 0 Å². The number of hydrogen-bond donors (Lipinski definition) is 2. The van der Waals surface area contributed by atoms with E-state index < -0.39 is 20.0 Å². The summed E-state index contributed by atoms with van der Waals surface area (Å²) in [6, 6.07) is -0.904. The lowest BCUT2D eigenvalue weighted by molar-refractivity contribution is -0.870. The number of likely N-dealkylation sites (N-methyl/N-ethyl adjacent to an activating group) is 1. The topological polar surface area (TPSA) is 108 Å². The van der Waals surface area contributed by atoms with Crippen molar-refractivity contribution >= 4 is 13.7 Å². The SMILES string of the molecule is CCCCCCC/C=C\C/C=C\CCCCCCCCCCCCCCCCCCCCCCCCCCCC(=O)NC(COP(=O)([O-])OCC[N+](C)(C)C)C(O)/C=C/CC/C=C/CCCCCCCCCCCCCCCCCCCCCCCC. The Morgan fingerprint density at radius 3 is 1.00 bits per heavy atom. The number of phosphoric acid groups is 1. The van der Waals surface area contributed by atoms with E-state index in [0.717, 1.165) is 44.9 Å². The standard InChI is InChI=1S/C78H151N2O6P/c1-6-8-10-12-14-16-18-20-22-24-26-28-30-32-34-36-37-38-39-40-41-42-43-44-46-48-50-52-54-56-58-60-62-64-66-68-70-72-78(82)79-76(75-86-87(83,84)85-74-73-80(3,4)5)77(81)71-69-67-65-63-61-59-57-55-53-51-49-47-45-35-33-31-29-27-25-23-21-19-17-15-13-11-9-7-2/h18,20,24,26,61,63,69,71,76-77,81H,6-17,19,21-23,25,27-60,62,64-68,70,72-75H2,1-5H3,(H-,79,82,83,84)/b20-18-,26-24-,63-61+,71-69+. The fourth-order valence-electron chi connectivity index (χ4n) is 11.8. The highest BCUT2D eigenvalue weighted by Crippen LogP contribution is 2.38. The first-order valence-electron chi connectivity index (χ1n) is 38.5. The second-order valence-corrected chi connectivity index (χ2v) is 29.1. The molecule has 87 heavy (non-hydrogen) atoms. The summed E-state index contributed by atoms with van der Waals surface area (Å²) in [6.07, 6.45) is 94.2. The van der Waals surface area contributed by atoms with Gasteiger partial charge in [0.1, 0.15) is 13.2 Å². The molecule has 3 atom stereocenters. The Bertz CT molecular complexity index is 1560.